The SMILES string of the molecule is CCc1nc2c(cnn2-c2ccc(F)cc2)c(=O)n1-c1ccc(OC)c(Cl)c1. The minimum Gasteiger partial charge on any atom is -0.495 e. The quantitative estimate of drug-likeness (QED) is 0.522. The van der Waals surface area contributed by atoms with Crippen LogP contribution in [0, 0.1) is 5.82 Å². The number of ether oxygens (including phenoxy) is 1. The summed E-state index contributed by atoms with van der Waals surface area (Å²) in [7, 11) is 1.53. The molecule has 6 nitrogen and oxygen atoms in total. The summed E-state index contributed by atoms with van der Waals surface area (Å²) in [5.74, 6) is 0.735. The van der Waals surface area contributed by atoms with E-state index in [4.69, 9.17) is 16.3 Å². The van der Waals surface area contributed by atoms with Crippen LogP contribution in [0.15, 0.2) is 53.5 Å². The zero-order valence-corrected chi connectivity index (χ0v) is 15.9. The summed E-state index contributed by atoms with van der Waals surface area (Å²) >= 11 is 6.23. The molecular formula is C20H16ClFN4O2. The summed E-state index contributed by atoms with van der Waals surface area (Å²) in [6, 6.07) is 11.0. The van der Waals surface area contributed by atoms with Crippen molar-refractivity contribution < 1.29 is 9.13 Å². The Labute approximate surface area is 164 Å². The van der Waals surface area contributed by atoms with E-state index in [9.17, 15) is 9.18 Å². The van der Waals surface area contributed by atoms with Crippen molar-refractivity contribution >= 4 is 22.6 Å². The number of hydrogen-bond donors (Lipinski definition) is 0. The number of aryl methyl sites for hydroxylation is 1. The normalized spacial score (nSPS) is 11.1. The van der Waals surface area contributed by atoms with Crippen LogP contribution in [-0.4, -0.2) is 26.4 Å². The van der Waals surface area contributed by atoms with Crippen molar-refractivity contribution in [1.29, 1.82) is 0 Å². The van der Waals surface area contributed by atoms with Gasteiger partial charge in [0.05, 0.1) is 29.7 Å². The molecule has 0 amide bonds. The molecule has 0 fully saturated rings. The molecule has 0 unspecified atom stereocenters. The Kier molecular flexibility index (Phi) is 4.60. The first-order valence-corrected chi connectivity index (χ1v) is 9.00. The highest BCUT2D eigenvalue weighted by molar-refractivity contribution is 6.32. The Hall–Kier alpha value is -3.19. The molecular weight excluding hydrogens is 383 g/mol. The number of nitrogens with zero attached hydrogens (tertiary/aromatic N) is 4. The number of benzene rings is 2. The average Bonchev–Trinajstić information content (AvgIpc) is 3.12. The largest absolute Gasteiger partial charge is 0.495 e. The number of aromatic nitrogens is 4. The van der Waals surface area contributed by atoms with Crippen molar-refractivity contribution in [3.63, 3.8) is 0 Å². The van der Waals surface area contributed by atoms with Crippen LogP contribution in [0.5, 0.6) is 5.75 Å². The summed E-state index contributed by atoms with van der Waals surface area (Å²) in [4.78, 5) is 17.9. The lowest BCUT2D eigenvalue weighted by Gasteiger charge is -2.13. The van der Waals surface area contributed by atoms with Gasteiger partial charge in [-0.2, -0.15) is 5.10 Å². The van der Waals surface area contributed by atoms with Crippen LogP contribution in [0.2, 0.25) is 5.02 Å². The van der Waals surface area contributed by atoms with Gasteiger partial charge in [0.25, 0.3) is 5.56 Å². The van der Waals surface area contributed by atoms with Gasteiger partial charge < -0.3 is 4.74 Å². The van der Waals surface area contributed by atoms with E-state index >= 15 is 0 Å². The van der Waals surface area contributed by atoms with E-state index in [1.165, 1.54) is 34.7 Å². The summed E-state index contributed by atoms with van der Waals surface area (Å²) < 4.78 is 21.5. The van der Waals surface area contributed by atoms with E-state index in [2.05, 4.69) is 10.1 Å². The van der Waals surface area contributed by atoms with Gasteiger partial charge in [0.2, 0.25) is 0 Å². The predicted octanol–water partition coefficient (Wildman–Crippen LogP) is 3.93. The zero-order chi connectivity index (χ0) is 19.8. The minimum absolute atomic E-state index is 0.253. The Bertz CT molecular complexity index is 1230. The molecule has 4 rings (SSSR count). The minimum atomic E-state index is -0.346. The van der Waals surface area contributed by atoms with Crippen LogP contribution in [0.1, 0.15) is 12.7 Å². The summed E-state index contributed by atoms with van der Waals surface area (Å²) in [5.41, 5.74) is 1.38. The van der Waals surface area contributed by atoms with E-state index in [0.29, 0.717) is 45.4 Å². The molecule has 0 radical (unpaired) electrons. The molecule has 2 heterocycles. The molecule has 0 aliphatic heterocycles. The molecule has 142 valence electrons. The number of methoxy groups -OCH3 is 1. The van der Waals surface area contributed by atoms with Gasteiger partial charge in [-0.1, -0.05) is 18.5 Å². The van der Waals surface area contributed by atoms with Crippen molar-refractivity contribution in [2.75, 3.05) is 7.11 Å². The molecule has 0 aliphatic rings. The van der Waals surface area contributed by atoms with E-state index in [-0.39, 0.29) is 11.4 Å². The molecule has 2 aromatic heterocycles. The molecule has 4 aromatic rings. The fourth-order valence-electron chi connectivity index (χ4n) is 3.08. The van der Waals surface area contributed by atoms with E-state index in [1.54, 1.807) is 30.3 Å². The molecule has 0 bridgehead atoms. The second-order valence-corrected chi connectivity index (χ2v) is 6.52. The van der Waals surface area contributed by atoms with Crippen molar-refractivity contribution in [3.05, 3.63) is 75.7 Å². The van der Waals surface area contributed by atoms with Crippen molar-refractivity contribution in [2.45, 2.75) is 13.3 Å². The zero-order valence-electron chi connectivity index (χ0n) is 15.2. The number of fused-ring (bicyclic) bond motifs is 1. The molecule has 0 saturated heterocycles. The van der Waals surface area contributed by atoms with Crippen molar-refractivity contribution in [1.82, 2.24) is 19.3 Å². The molecule has 0 spiro atoms. The molecule has 2 aromatic carbocycles. The highest BCUT2D eigenvalue weighted by atomic mass is 35.5. The summed E-state index contributed by atoms with van der Waals surface area (Å²) in [6.45, 7) is 1.91. The van der Waals surface area contributed by atoms with E-state index < -0.39 is 0 Å². The molecule has 0 atom stereocenters. The first kappa shape index (κ1) is 18.2. The van der Waals surface area contributed by atoms with Crippen LogP contribution in [-0.2, 0) is 6.42 Å². The number of hydrogen-bond acceptors (Lipinski definition) is 4. The van der Waals surface area contributed by atoms with Gasteiger partial charge in [0, 0.05) is 6.42 Å². The monoisotopic (exact) mass is 398 g/mol. The lowest BCUT2D eigenvalue weighted by Crippen LogP contribution is -2.23. The van der Waals surface area contributed by atoms with Crippen LogP contribution >= 0.6 is 11.6 Å². The fourth-order valence-corrected chi connectivity index (χ4v) is 3.33. The Balaban J connectivity index is 1.95. The lowest BCUT2D eigenvalue weighted by atomic mass is 10.2. The predicted molar refractivity (Wildman–Crippen MR) is 105 cm³/mol. The van der Waals surface area contributed by atoms with Gasteiger partial charge >= 0.3 is 0 Å². The van der Waals surface area contributed by atoms with Crippen molar-refractivity contribution in [3.8, 4) is 17.1 Å². The second kappa shape index (κ2) is 7.09. The van der Waals surface area contributed by atoms with Crippen LogP contribution in [0.25, 0.3) is 22.4 Å². The van der Waals surface area contributed by atoms with Crippen molar-refractivity contribution in [2.24, 2.45) is 0 Å². The van der Waals surface area contributed by atoms with Gasteiger partial charge in [-0.05, 0) is 42.5 Å². The standard InChI is InChI=1S/C20H16ClFN4O2/c1-3-18-24-19-15(11-23-26(19)13-6-4-12(22)5-7-13)20(27)25(18)14-8-9-17(28-2)16(21)10-14/h4-11H,3H2,1-2H3. The molecule has 0 aliphatic carbocycles. The summed E-state index contributed by atoms with van der Waals surface area (Å²) in [6.07, 6.45) is 1.98. The average molecular weight is 399 g/mol. The van der Waals surface area contributed by atoms with Gasteiger partial charge in [0.15, 0.2) is 5.65 Å². The smallest absolute Gasteiger partial charge is 0.269 e. The third-order valence-electron chi connectivity index (χ3n) is 4.45. The third-order valence-corrected chi connectivity index (χ3v) is 4.75. The van der Waals surface area contributed by atoms with Gasteiger partial charge in [-0.3, -0.25) is 9.36 Å². The lowest BCUT2D eigenvalue weighted by molar-refractivity contribution is 0.415. The van der Waals surface area contributed by atoms with Crippen LogP contribution < -0.4 is 10.3 Å². The van der Waals surface area contributed by atoms with Gasteiger partial charge in [0.1, 0.15) is 22.8 Å². The molecule has 28 heavy (non-hydrogen) atoms. The molecule has 0 N–H and O–H groups in total. The maximum absolute atomic E-state index is 13.2. The Morgan fingerprint density at radius 1 is 1.14 bits per heavy atom. The second-order valence-electron chi connectivity index (χ2n) is 6.11. The molecule has 8 heteroatoms. The Morgan fingerprint density at radius 2 is 1.86 bits per heavy atom. The molecule has 0 saturated carbocycles. The first-order chi connectivity index (χ1) is 13.5. The van der Waals surface area contributed by atoms with Gasteiger partial charge in [-0.25, -0.2) is 14.1 Å². The maximum atomic E-state index is 13.2. The topological polar surface area (TPSA) is 61.9 Å². The fraction of sp³-hybridized carbons (Fsp3) is 0.150. The third kappa shape index (κ3) is 2.93. The maximum Gasteiger partial charge on any atom is 0.269 e. The Morgan fingerprint density at radius 3 is 2.50 bits per heavy atom. The summed E-state index contributed by atoms with van der Waals surface area (Å²) in [5, 5.41) is 5.04. The van der Waals surface area contributed by atoms with E-state index in [1.807, 2.05) is 6.92 Å². The van der Waals surface area contributed by atoms with Crippen LogP contribution in [0.3, 0.4) is 0 Å². The number of rotatable bonds is 4. The van der Waals surface area contributed by atoms with Crippen LogP contribution in [0.4, 0.5) is 4.39 Å². The van der Waals surface area contributed by atoms with Gasteiger partial charge in [-0.15, -0.1) is 0 Å². The van der Waals surface area contributed by atoms with E-state index in [0.717, 1.165) is 0 Å². The first-order valence-electron chi connectivity index (χ1n) is 8.63. The number of halogens is 2. The highest BCUT2D eigenvalue weighted by Gasteiger charge is 2.17. The highest BCUT2D eigenvalue weighted by Crippen LogP contribution is 2.27.